The van der Waals surface area contributed by atoms with Gasteiger partial charge in [0.15, 0.2) is 5.96 Å². The lowest BCUT2D eigenvalue weighted by Gasteiger charge is -2.29. The Balaban J connectivity index is 1.44. The maximum atomic E-state index is 14.6. The Labute approximate surface area is 368 Å². The number of fused-ring (bicyclic) bond motifs is 1. The van der Waals surface area contributed by atoms with Crippen molar-refractivity contribution >= 4 is 47.2 Å². The van der Waals surface area contributed by atoms with Crippen LogP contribution >= 0.6 is 0 Å². The van der Waals surface area contributed by atoms with E-state index in [4.69, 9.17) is 11.5 Å². The normalized spacial score (nSPS) is 13.2. The van der Waals surface area contributed by atoms with E-state index in [2.05, 4.69) is 42.2 Å². The maximum Gasteiger partial charge on any atom is 0.321 e. The summed E-state index contributed by atoms with van der Waals surface area (Å²) >= 11 is 0. The van der Waals surface area contributed by atoms with Crippen LogP contribution in [0.2, 0.25) is 0 Å². The van der Waals surface area contributed by atoms with Crippen LogP contribution in [0.5, 0.6) is 5.75 Å². The van der Waals surface area contributed by atoms with Crippen molar-refractivity contribution in [2.24, 2.45) is 16.5 Å². The van der Waals surface area contributed by atoms with Crippen LogP contribution in [-0.2, 0) is 43.6 Å². The average Bonchev–Trinajstić information content (AvgIpc) is 3.70. The molecule has 12 N–H and O–H groups in total. The van der Waals surface area contributed by atoms with E-state index in [-0.39, 0.29) is 68.5 Å². The molecule has 63 heavy (non-hydrogen) atoms. The SMILES string of the molecule is CCC(=O)NCCNC(=O)NC(N)=NCCC[C@@H](NC(=O)[C@@H](c1cccc(NC(=O)CCCNC(=O)CCCCCN)c1)N1Cc2ccccc2C1)C(=O)NCc1ccc(O)cc1. The summed E-state index contributed by atoms with van der Waals surface area (Å²) in [7, 11) is 0. The molecule has 0 aliphatic carbocycles. The van der Waals surface area contributed by atoms with Gasteiger partial charge in [-0.15, -0.1) is 0 Å². The molecular weight excluding hydrogens is 807 g/mol. The molecule has 0 bridgehead atoms. The fourth-order valence-electron chi connectivity index (χ4n) is 6.90. The van der Waals surface area contributed by atoms with Crippen molar-refractivity contribution in [3.8, 4) is 5.75 Å². The summed E-state index contributed by atoms with van der Waals surface area (Å²) in [5, 5.41) is 29.1. The summed E-state index contributed by atoms with van der Waals surface area (Å²) in [4.78, 5) is 83.4. The third-order valence-electron chi connectivity index (χ3n) is 10.2. The third-order valence-corrected chi connectivity index (χ3v) is 10.2. The number of nitrogens with two attached hydrogens (primary N) is 2. The number of phenols is 1. The van der Waals surface area contributed by atoms with Crippen LogP contribution in [-0.4, -0.2) is 90.3 Å². The number of phenolic OH excluding ortho intramolecular Hbond substituents is 1. The van der Waals surface area contributed by atoms with E-state index in [1.165, 1.54) is 12.1 Å². The molecule has 18 nitrogen and oxygen atoms in total. The molecule has 3 aromatic rings. The number of aromatic hydroxyl groups is 1. The average molecular weight is 870 g/mol. The van der Waals surface area contributed by atoms with E-state index >= 15 is 0 Å². The second kappa shape index (κ2) is 26.7. The van der Waals surface area contributed by atoms with E-state index in [1.807, 2.05) is 35.2 Å². The molecule has 0 aromatic heterocycles. The van der Waals surface area contributed by atoms with E-state index in [0.717, 1.165) is 36.0 Å². The first-order chi connectivity index (χ1) is 30.4. The molecule has 2 atom stereocenters. The molecule has 0 saturated heterocycles. The zero-order valence-electron chi connectivity index (χ0n) is 36.0. The lowest BCUT2D eigenvalue weighted by atomic mass is 10.0. The van der Waals surface area contributed by atoms with E-state index in [1.54, 1.807) is 37.3 Å². The Bertz CT molecular complexity index is 1990. The third kappa shape index (κ3) is 17.8. The van der Waals surface area contributed by atoms with Crippen LogP contribution in [0.1, 0.15) is 93.0 Å². The molecule has 0 spiro atoms. The smallest absolute Gasteiger partial charge is 0.321 e. The van der Waals surface area contributed by atoms with Gasteiger partial charge in [-0.05, 0) is 85.2 Å². The number of urea groups is 1. The van der Waals surface area contributed by atoms with Crippen molar-refractivity contribution < 1.29 is 33.9 Å². The van der Waals surface area contributed by atoms with Crippen molar-refractivity contribution in [1.29, 1.82) is 0 Å². The van der Waals surface area contributed by atoms with Crippen molar-refractivity contribution in [2.75, 3.05) is 38.0 Å². The highest BCUT2D eigenvalue weighted by molar-refractivity contribution is 5.95. The number of benzene rings is 3. The van der Waals surface area contributed by atoms with Gasteiger partial charge in [0.05, 0.1) is 0 Å². The number of nitrogens with one attached hydrogen (secondary N) is 7. The summed E-state index contributed by atoms with van der Waals surface area (Å²) in [6, 6.07) is 19.0. The molecule has 7 amide bonds. The number of unbranched alkanes of at least 4 members (excludes halogenated alkanes) is 2. The highest BCUT2D eigenvalue weighted by Crippen LogP contribution is 2.33. The largest absolute Gasteiger partial charge is 0.508 e. The second-order valence-corrected chi connectivity index (χ2v) is 15.2. The first-order valence-corrected chi connectivity index (χ1v) is 21.6. The predicted octanol–water partition coefficient (Wildman–Crippen LogP) is 2.52. The Morgan fingerprint density at radius 1 is 0.746 bits per heavy atom. The number of carbonyl (C=O) groups excluding carboxylic acids is 6. The van der Waals surface area contributed by atoms with Gasteiger partial charge in [-0.3, -0.25) is 39.2 Å². The molecule has 1 aliphatic rings. The number of rotatable bonds is 25. The monoisotopic (exact) mass is 869 g/mol. The molecule has 1 heterocycles. The molecule has 18 heteroatoms. The molecule has 0 unspecified atom stereocenters. The summed E-state index contributed by atoms with van der Waals surface area (Å²) in [5.74, 6) is -1.33. The van der Waals surface area contributed by atoms with E-state index < -0.39 is 29.9 Å². The lowest BCUT2D eigenvalue weighted by molar-refractivity contribution is -0.132. The van der Waals surface area contributed by atoms with Crippen LogP contribution in [0.3, 0.4) is 0 Å². The van der Waals surface area contributed by atoms with Gasteiger partial charge in [-0.1, -0.05) is 61.9 Å². The standard InChI is InChI=1S/C45H63N11O7/c1-2-38(58)49-25-26-51-45(63)55-44(47)50-24-9-15-37(42(61)52-28-31-18-20-36(57)21-19-31)54-43(62)41(56-29-33-11-5-6-12-34(33)30-56)32-13-8-14-35(27-32)53-40(60)17-10-23-48-39(59)16-4-3-7-22-46/h5-6,8,11-14,18-21,27,37,41,57H,2-4,7,9-10,15-17,22-26,28-30,46H2,1H3,(H,48,59)(H,49,58)(H,52,61)(H,53,60)(H,54,62)(H4,47,50,51,55,63)/t37-,41-/m1/s1. The number of nitrogens with zero attached hydrogens (tertiary/aromatic N) is 2. The van der Waals surface area contributed by atoms with Gasteiger partial charge in [-0.25, -0.2) is 4.79 Å². The van der Waals surface area contributed by atoms with Gasteiger partial charge in [0, 0.05) is 70.8 Å². The fraction of sp³-hybridized carbons (Fsp3) is 0.444. The molecule has 340 valence electrons. The van der Waals surface area contributed by atoms with Gasteiger partial charge < -0.3 is 48.5 Å². The van der Waals surface area contributed by atoms with Crippen molar-refractivity contribution in [1.82, 2.24) is 36.8 Å². The van der Waals surface area contributed by atoms with Crippen molar-refractivity contribution in [3.05, 3.63) is 95.1 Å². The molecule has 0 radical (unpaired) electrons. The Kier molecular flexibility index (Phi) is 20.8. The van der Waals surface area contributed by atoms with E-state index in [0.29, 0.717) is 63.1 Å². The Morgan fingerprint density at radius 2 is 1.44 bits per heavy atom. The van der Waals surface area contributed by atoms with Crippen LogP contribution < -0.4 is 48.7 Å². The van der Waals surface area contributed by atoms with Crippen molar-refractivity contribution in [2.45, 2.75) is 96.4 Å². The van der Waals surface area contributed by atoms with Crippen LogP contribution in [0.25, 0.3) is 0 Å². The summed E-state index contributed by atoms with van der Waals surface area (Å²) in [6.07, 6.45) is 4.43. The number of guanidine groups is 1. The highest BCUT2D eigenvalue weighted by atomic mass is 16.3. The zero-order valence-corrected chi connectivity index (χ0v) is 36.0. The molecular formula is C45H63N11O7. The van der Waals surface area contributed by atoms with Gasteiger partial charge in [-0.2, -0.15) is 0 Å². The first kappa shape index (κ1) is 49.1. The number of anilines is 1. The van der Waals surface area contributed by atoms with Gasteiger partial charge in [0.1, 0.15) is 17.8 Å². The number of hydrogen-bond acceptors (Lipinski definition) is 10. The number of aliphatic imine (C=N–C) groups is 1. The highest BCUT2D eigenvalue weighted by Gasteiger charge is 2.34. The summed E-state index contributed by atoms with van der Waals surface area (Å²) in [5.41, 5.74) is 15.5. The summed E-state index contributed by atoms with van der Waals surface area (Å²) in [6.45, 7) is 4.38. The van der Waals surface area contributed by atoms with Gasteiger partial charge >= 0.3 is 6.03 Å². The number of carbonyl (C=O) groups is 6. The van der Waals surface area contributed by atoms with Gasteiger partial charge in [0.25, 0.3) is 0 Å². The minimum absolute atomic E-state index is 0.0503. The minimum Gasteiger partial charge on any atom is -0.508 e. The molecule has 0 saturated carbocycles. The molecule has 3 aromatic carbocycles. The number of hydrogen-bond donors (Lipinski definition) is 10. The predicted molar refractivity (Wildman–Crippen MR) is 241 cm³/mol. The van der Waals surface area contributed by atoms with Gasteiger partial charge in [0.2, 0.25) is 29.5 Å². The topological polar surface area (TPSA) is 274 Å². The fourth-order valence-corrected chi connectivity index (χ4v) is 6.90. The Morgan fingerprint density at radius 3 is 2.16 bits per heavy atom. The quantitative estimate of drug-likeness (QED) is 0.0338. The Hall–Kier alpha value is -6.53. The van der Waals surface area contributed by atoms with Crippen LogP contribution in [0, 0.1) is 0 Å². The van der Waals surface area contributed by atoms with E-state index in [9.17, 15) is 33.9 Å². The first-order valence-electron chi connectivity index (χ1n) is 21.6. The minimum atomic E-state index is -0.998. The second-order valence-electron chi connectivity index (χ2n) is 15.2. The molecule has 0 fully saturated rings. The lowest BCUT2D eigenvalue weighted by Crippen LogP contribution is -2.50. The molecule has 1 aliphatic heterocycles. The maximum absolute atomic E-state index is 14.6. The molecule has 4 rings (SSSR count). The summed E-state index contributed by atoms with van der Waals surface area (Å²) < 4.78 is 0. The zero-order chi connectivity index (χ0) is 45.4. The van der Waals surface area contributed by atoms with Crippen molar-refractivity contribution in [3.63, 3.8) is 0 Å². The number of amides is 7. The van der Waals surface area contributed by atoms with Crippen LogP contribution in [0.15, 0.2) is 77.8 Å². The van der Waals surface area contributed by atoms with Crippen LogP contribution in [0.4, 0.5) is 10.5 Å².